The molecule has 306 valence electrons. The third kappa shape index (κ3) is 9.60. The minimum absolute atomic E-state index is 0.0168. The Kier molecular flexibility index (Phi) is 14.0. The Morgan fingerprint density at radius 2 is 1.42 bits per heavy atom. The first-order valence-electron chi connectivity index (χ1n) is 19.3. The summed E-state index contributed by atoms with van der Waals surface area (Å²) >= 11 is 0. The summed E-state index contributed by atoms with van der Waals surface area (Å²) in [6, 6.07) is 35.9. The molecule has 0 radical (unpaired) electrons. The fraction of sp³-hybridized carbons (Fsp3) is 0.311. The zero-order valence-electron chi connectivity index (χ0n) is 34.1. The first-order chi connectivity index (χ1) is 28.5. The van der Waals surface area contributed by atoms with Crippen LogP contribution in [0.1, 0.15) is 73.6 Å². The molecule has 0 aliphatic heterocycles. The Morgan fingerprint density at radius 3 is 1.98 bits per heavy atom. The van der Waals surface area contributed by atoms with E-state index in [4.69, 9.17) is 23.7 Å². The fourth-order valence-corrected chi connectivity index (χ4v) is 8.69. The van der Waals surface area contributed by atoms with Gasteiger partial charge in [0.1, 0.15) is 23.4 Å². The average Bonchev–Trinajstić information content (AvgIpc) is 3.70. The van der Waals surface area contributed by atoms with Crippen LogP contribution >= 0.6 is 8.53 Å². The third-order valence-electron chi connectivity index (χ3n) is 10.2. The molecule has 2 N–H and O–H groups in total. The highest BCUT2D eigenvalue weighted by molar-refractivity contribution is 7.43. The SMILES string of the molecule is COc1ccc(C(OC[C@H](COP(O)N(C(C)C)C(C)(C)CCC#N)n2cnc3c(NC(=O)c4ccccc4)ncnc32)(c2ccccc2)c2ccc(OC)cc2)cc1. The fourth-order valence-electron chi connectivity index (χ4n) is 7.30. The number of anilines is 1. The highest BCUT2D eigenvalue weighted by Crippen LogP contribution is 2.47. The topological polar surface area (TPSA) is 157 Å². The van der Waals surface area contributed by atoms with Crippen LogP contribution in [0.5, 0.6) is 11.5 Å². The number of hydrogen-bond donors (Lipinski definition) is 2. The van der Waals surface area contributed by atoms with Crippen LogP contribution in [0.2, 0.25) is 0 Å². The molecule has 1 amide bonds. The van der Waals surface area contributed by atoms with Crippen LogP contribution < -0.4 is 14.8 Å². The van der Waals surface area contributed by atoms with Crippen molar-refractivity contribution in [2.75, 3.05) is 32.8 Å². The van der Waals surface area contributed by atoms with E-state index in [1.807, 2.05) is 122 Å². The zero-order valence-corrected chi connectivity index (χ0v) is 35.0. The first-order valence-corrected chi connectivity index (χ1v) is 20.5. The molecule has 6 aromatic rings. The number of imidazole rings is 1. The van der Waals surface area contributed by atoms with Crippen molar-refractivity contribution >= 4 is 31.4 Å². The van der Waals surface area contributed by atoms with Gasteiger partial charge >= 0.3 is 0 Å². The van der Waals surface area contributed by atoms with Crippen molar-refractivity contribution in [2.24, 2.45) is 0 Å². The van der Waals surface area contributed by atoms with Gasteiger partial charge in [0.25, 0.3) is 14.4 Å². The van der Waals surface area contributed by atoms with Crippen LogP contribution in [0, 0.1) is 11.3 Å². The summed E-state index contributed by atoms with van der Waals surface area (Å²) in [7, 11) is 1.11. The lowest BCUT2D eigenvalue weighted by molar-refractivity contribution is -0.0137. The molecule has 0 spiro atoms. The molecule has 6 rings (SSSR count). The number of nitrogens with zero attached hydrogens (tertiary/aromatic N) is 6. The summed E-state index contributed by atoms with van der Waals surface area (Å²) in [5.41, 5.74) is 2.12. The lowest BCUT2D eigenvalue weighted by Gasteiger charge is -2.42. The molecular weight excluding hydrogens is 766 g/mol. The highest BCUT2D eigenvalue weighted by Gasteiger charge is 2.40. The van der Waals surface area contributed by atoms with E-state index < -0.39 is 25.7 Å². The highest BCUT2D eigenvalue weighted by atomic mass is 31.2. The van der Waals surface area contributed by atoms with Gasteiger partial charge in [0.05, 0.1) is 45.9 Å². The van der Waals surface area contributed by atoms with E-state index in [1.165, 1.54) is 6.33 Å². The van der Waals surface area contributed by atoms with Crippen molar-refractivity contribution in [3.05, 3.63) is 144 Å². The van der Waals surface area contributed by atoms with Crippen LogP contribution in [0.15, 0.2) is 122 Å². The minimum Gasteiger partial charge on any atom is -0.497 e. The third-order valence-corrected chi connectivity index (χ3v) is 12.0. The first kappa shape index (κ1) is 42.9. The number of nitrogens with one attached hydrogen (secondary N) is 1. The van der Waals surface area contributed by atoms with Gasteiger partial charge < -0.3 is 33.5 Å². The normalized spacial score (nSPS) is 12.9. The number of methoxy groups -OCH3 is 2. The molecule has 0 saturated heterocycles. The molecule has 0 aliphatic carbocycles. The minimum atomic E-state index is -2.15. The van der Waals surface area contributed by atoms with Crippen molar-refractivity contribution in [1.82, 2.24) is 24.2 Å². The molecular formula is C45H50N7O6P. The van der Waals surface area contributed by atoms with Gasteiger partial charge in [-0.2, -0.15) is 5.26 Å². The predicted octanol–water partition coefficient (Wildman–Crippen LogP) is 8.67. The van der Waals surface area contributed by atoms with E-state index in [-0.39, 0.29) is 31.0 Å². The number of aromatic nitrogens is 4. The van der Waals surface area contributed by atoms with Crippen molar-refractivity contribution in [1.29, 1.82) is 5.26 Å². The number of hydrogen-bond acceptors (Lipinski definition) is 11. The van der Waals surface area contributed by atoms with Gasteiger partial charge in [-0.15, -0.1) is 0 Å². The maximum atomic E-state index is 13.2. The van der Waals surface area contributed by atoms with E-state index in [0.717, 1.165) is 16.7 Å². The molecule has 0 aliphatic rings. The maximum Gasteiger partial charge on any atom is 0.256 e. The number of carbonyl (C=O) groups excluding carboxylic acids is 1. The Morgan fingerprint density at radius 1 is 0.847 bits per heavy atom. The van der Waals surface area contributed by atoms with Crippen LogP contribution in [-0.4, -0.2) is 74.0 Å². The standard InChI is InChI=1S/C45H50N7O6P/c1-32(2)52(44(3,4)26-13-27-46)59(54)58-29-37(51-31-49-40-41(47-30-48-42(40)51)50-43(53)33-14-9-7-10-15-33)28-57-45(34-16-11-8-12-17-34,35-18-22-38(55-5)23-19-35)36-20-24-39(56-6)25-21-36/h7-12,14-25,30-32,37,54H,13,26,28-29H2,1-6H3,(H,47,48,50,53)/t37-,59?/m1/s1. The van der Waals surface area contributed by atoms with E-state index in [2.05, 4.69) is 21.4 Å². The van der Waals surface area contributed by atoms with E-state index in [1.54, 1.807) is 44.8 Å². The van der Waals surface area contributed by atoms with Gasteiger partial charge in [0.2, 0.25) is 0 Å². The maximum absolute atomic E-state index is 13.2. The van der Waals surface area contributed by atoms with Crippen LogP contribution in [0.3, 0.4) is 0 Å². The number of nitriles is 1. The molecule has 4 aromatic carbocycles. The Labute approximate surface area is 346 Å². The predicted molar refractivity (Wildman–Crippen MR) is 228 cm³/mol. The number of carbonyl (C=O) groups is 1. The second-order valence-corrected chi connectivity index (χ2v) is 16.0. The molecule has 1 unspecified atom stereocenters. The van der Waals surface area contributed by atoms with Gasteiger partial charge in [0.15, 0.2) is 17.0 Å². The molecule has 0 saturated carbocycles. The van der Waals surface area contributed by atoms with Gasteiger partial charge in [0, 0.05) is 23.6 Å². The summed E-state index contributed by atoms with van der Waals surface area (Å²) in [5.74, 6) is 1.29. The number of benzene rings is 4. The second kappa shape index (κ2) is 19.3. The van der Waals surface area contributed by atoms with E-state index in [0.29, 0.717) is 41.1 Å². The van der Waals surface area contributed by atoms with Crippen molar-refractivity contribution < 1.29 is 28.4 Å². The van der Waals surface area contributed by atoms with Gasteiger partial charge in [-0.3, -0.25) is 4.79 Å². The summed E-state index contributed by atoms with van der Waals surface area (Å²) in [4.78, 5) is 38.7. The average molecular weight is 816 g/mol. The Balaban J connectivity index is 1.44. The van der Waals surface area contributed by atoms with Gasteiger partial charge in [-0.25, -0.2) is 19.6 Å². The Hall–Kier alpha value is -5.74. The quantitative estimate of drug-likeness (QED) is 0.0596. The monoisotopic (exact) mass is 815 g/mol. The van der Waals surface area contributed by atoms with E-state index >= 15 is 0 Å². The smallest absolute Gasteiger partial charge is 0.256 e. The molecule has 2 heterocycles. The lowest BCUT2D eigenvalue weighted by Crippen LogP contribution is -2.44. The summed E-state index contributed by atoms with van der Waals surface area (Å²) < 4.78 is 28.6. The Bertz CT molecular complexity index is 2270. The molecule has 2 aromatic heterocycles. The molecule has 0 bridgehead atoms. The number of rotatable bonds is 19. The largest absolute Gasteiger partial charge is 0.497 e. The van der Waals surface area contributed by atoms with Crippen LogP contribution in [0.4, 0.5) is 5.82 Å². The van der Waals surface area contributed by atoms with Crippen molar-refractivity contribution in [2.45, 2.75) is 63.8 Å². The van der Waals surface area contributed by atoms with Gasteiger partial charge in [-0.05, 0) is 87.2 Å². The van der Waals surface area contributed by atoms with Crippen LogP contribution in [0.25, 0.3) is 11.2 Å². The van der Waals surface area contributed by atoms with Crippen LogP contribution in [-0.2, 0) is 14.9 Å². The van der Waals surface area contributed by atoms with Gasteiger partial charge in [-0.1, -0.05) is 72.8 Å². The summed E-state index contributed by atoms with van der Waals surface area (Å²) in [6.45, 7) is 8.01. The molecule has 2 atom stereocenters. The summed E-state index contributed by atoms with van der Waals surface area (Å²) in [5, 5.41) is 12.3. The number of ether oxygens (including phenoxy) is 3. The molecule has 14 heteroatoms. The van der Waals surface area contributed by atoms with E-state index in [9.17, 15) is 14.9 Å². The number of amides is 1. The molecule has 59 heavy (non-hydrogen) atoms. The van der Waals surface area contributed by atoms with Crippen molar-refractivity contribution in [3.8, 4) is 17.6 Å². The molecule has 0 fully saturated rings. The second-order valence-electron chi connectivity index (χ2n) is 14.8. The van der Waals surface area contributed by atoms with Crippen molar-refractivity contribution in [3.63, 3.8) is 0 Å². The number of fused-ring (bicyclic) bond motifs is 1. The zero-order chi connectivity index (χ0) is 42.0. The molecule has 13 nitrogen and oxygen atoms in total. The summed E-state index contributed by atoms with van der Waals surface area (Å²) in [6.07, 6.45) is 3.87. The lowest BCUT2D eigenvalue weighted by atomic mass is 9.80.